The van der Waals surface area contributed by atoms with Gasteiger partial charge in [-0.3, -0.25) is 9.59 Å². The van der Waals surface area contributed by atoms with Crippen LogP contribution in [0.3, 0.4) is 0 Å². The van der Waals surface area contributed by atoms with Gasteiger partial charge in [0.1, 0.15) is 17.4 Å². The maximum absolute atomic E-state index is 12.7. The first-order valence-electron chi connectivity index (χ1n) is 10.4. The number of rotatable bonds is 8. The third-order valence-electron chi connectivity index (χ3n) is 5.42. The van der Waals surface area contributed by atoms with E-state index in [9.17, 15) is 19.5 Å². The van der Waals surface area contributed by atoms with Crippen LogP contribution >= 0.6 is 0 Å². The number of methoxy groups -OCH3 is 1. The summed E-state index contributed by atoms with van der Waals surface area (Å²) in [4.78, 5) is 35.9. The number of carbonyl (C=O) groups is 3. The van der Waals surface area contributed by atoms with Gasteiger partial charge in [-0.25, -0.2) is 4.79 Å². The molecule has 0 aliphatic carbocycles. The van der Waals surface area contributed by atoms with Crippen molar-refractivity contribution in [1.29, 1.82) is 0 Å². The van der Waals surface area contributed by atoms with E-state index in [1.165, 1.54) is 7.11 Å². The number of carboxylic acids is 1. The number of primary amides is 1. The van der Waals surface area contributed by atoms with Crippen molar-refractivity contribution in [2.45, 2.75) is 12.5 Å². The van der Waals surface area contributed by atoms with Crippen LogP contribution < -0.4 is 15.8 Å². The molecular formula is C26H22N2O6. The number of carboxylic acid groups (broad SMARTS) is 1. The Morgan fingerprint density at radius 1 is 1.00 bits per heavy atom. The zero-order valence-electron chi connectivity index (χ0n) is 18.3. The van der Waals surface area contributed by atoms with Gasteiger partial charge in [-0.1, -0.05) is 36.4 Å². The molecule has 0 aliphatic rings. The van der Waals surface area contributed by atoms with Crippen LogP contribution in [0.25, 0.3) is 22.1 Å². The topological polar surface area (TPSA) is 132 Å². The predicted octanol–water partition coefficient (Wildman–Crippen LogP) is 3.63. The number of benzene rings is 3. The van der Waals surface area contributed by atoms with E-state index >= 15 is 0 Å². The van der Waals surface area contributed by atoms with Crippen LogP contribution in [0.5, 0.6) is 5.75 Å². The molecule has 4 aromatic rings. The van der Waals surface area contributed by atoms with Crippen molar-refractivity contribution in [3.63, 3.8) is 0 Å². The van der Waals surface area contributed by atoms with Gasteiger partial charge in [0.25, 0.3) is 5.91 Å². The zero-order valence-corrected chi connectivity index (χ0v) is 18.3. The van der Waals surface area contributed by atoms with Crippen molar-refractivity contribution in [2.75, 3.05) is 7.11 Å². The Balaban J connectivity index is 1.48. The van der Waals surface area contributed by atoms with E-state index in [4.69, 9.17) is 14.9 Å². The molecule has 172 valence electrons. The normalized spacial score (nSPS) is 11.7. The number of nitrogens with two attached hydrogens (primary N) is 1. The Hall–Kier alpha value is -4.59. The molecule has 1 unspecified atom stereocenters. The average molecular weight is 458 g/mol. The minimum atomic E-state index is -1.16. The summed E-state index contributed by atoms with van der Waals surface area (Å²) in [6.45, 7) is 0. The second-order valence-electron chi connectivity index (χ2n) is 7.72. The molecule has 0 aliphatic heterocycles. The highest BCUT2D eigenvalue weighted by Crippen LogP contribution is 2.25. The standard InChI is InChI=1S/C26H22N2O6/c1-33-20-9-10-22-19(13-20)14-23(34-22)25(30)28-21(26(31)32)11-15-5-7-16(8-6-15)17-3-2-4-18(12-17)24(27)29/h2-10,12-14,21H,11H2,1H3,(H2,27,29)(H,28,30)(H,31,32). The summed E-state index contributed by atoms with van der Waals surface area (Å²) in [7, 11) is 1.54. The second kappa shape index (κ2) is 9.50. The van der Waals surface area contributed by atoms with Gasteiger partial charge in [0.2, 0.25) is 5.91 Å². The number of amides is 2. The molecule has 0 radical (unpaired) electrons. The molecule has 8 nitrogen and oxygen atoms in total. The molecule has 0 fully saturated rings. The number of fused-ring (bicyclic) bond motifs is 1. The van der Waals surface area contributed by atoms with E-state index in [0.29, 0.717) is 22.3 Å². The number of nitrogens with one attached hydrogen (secondary N) is 1. The molecule has 1 aromatic heterocycles. The molecule has 4 N–H and O–H groups in total. The predicted molar refractivity (Wildman–Crippen MR) is 126 cm³/mol. The molecule has 4 rings (SSSR count). The Labute approximate surface area is 194 Å². The summed E-state index contributed by atoms with van der Waals surface area (Å²) in [5, 5.41) is 12.8. The van der Waals surface area contributed by atoms with Gasteiger partial charge in [0.05, 0.1) is 7.11 Å². The highest BCUT2D eigenvalue weighted by molar-refractivity contribution is 5.98. The van der Waals surface area contributed by atoms with Crippen LogP contribution in [0.1, 0.15) is 26.5 Å². The zero-order chi connectivity index (χ0) is 24.2. The largest absolute Gasteiger partial charge is 0.497 e. The number of hydrogen-bond donors (Lipinski definition) is 3. The quantitative estimate of drug-likeness (QED) is 0.369. The molecule has 1 heterocycles. The Morgan fingerprint density at radius 3 is 2.44 bits per heavy atom. The highest BCUT2D eigenvalue weighted by atomic mass is 16.5. The summed E-state index contributed by atoms with van der Waals surface area (Å²) in [6.07, 6.45) is 0.0801. The SMILES string of the molecule is COc1ccc2oc(C(=O)NC(Cc3ccc(-c4cccc(C(N)=O)c4)cc3)C(=O)O)cc2c1. The molecule has 2 amide bonds. The van der Waals surface area contributed by atoms with E-state index in [0.717, 1.165) is 16.7 Å². The summed E-state index contributed by atoms with van der Waals surface area (Å²) in [6, 6.07) is 19.6. The van der Waals surface area contributed by atoms with E-state index < -0.39 is 23.8 Å². The first kappa shape index (κ1) is 22.6. The number of carbonyl (C=O) groups excluding carboxylic acids is 2. The summed E-state index contributed by atoms with van der Waals surface area (Å²) in [5.74, 6) is -1.67. The smallest absolute Gasteiger partial charge is 0.326 e. The minimum absolute atomic E-state index is 0.0131. The van der Waals surface area contributed by atoms with Crippen LogP contribution in [0.15, 0.2) is 77.2 Å². The molecule has 3 aromatic carbocycles. The van der Waals surface area contributed by atoms with Gasteiger partial charge >= 0.3 is 5.97 Å². The first-order chi connectivity index (χ1) is 16.3. The maximum atomic E-state index is 12.7. The van der Waals surface area contributed by atoms with E-state index in [-0.39, 0.29) is 12.2 Å². The summed E-state index contributed by atoms with van der Waals surface area (Å²) in [5.41, 5.74) is 8.62. The van der Waals surface area contributed by atoms with E-state index in [2.05, 4.69) is 5.32 Å². The van der Waals surface area contributed by atoms with Crippen molar-refractivity contribution >= 4 is 28.8 Å². The number of hydrogen-bond acceptors (Lipinski definition) is 5. The third kappa shape index (κ3) is 4.91. The fourth-order valence-electron chi connectivity index (χ4n) is 3.61. The van der Waals surface area contributed by atoms with Crippen LogP contribution in [0, 0.1) is 0 Å². The van der Waals surface area contributed by atoms with E-state index in [1.54, 1.807) is 54.6 Å². The third-order valence-corrected chi connectivity index (χ3v) is 5.42. The van der Waals surface area contributed by atoms with Crippen LogP contribution in [0.2, 0.25) is 0 Å². The van der Waals surface area contributed by atoms with Gasteiger partial charge in [-0.15, -0.1) is 0 Å². The molecule has 0 saturated heterocycles. The lowest BCUT2D eigenvalue weighted by Gasteiger charge is -2.14. The molecule has 0 spiro atoms. The second-order valence-corrected chi connectivity index (χ2v) is 7.72. The molecular weight excluding hydrogens is 436 g/mol. The molecule has 0 saturated carbocycles. The number of aliphatic carboxylic acids is 1. The Morgan fingerprint density at radius 2 is 1.76 bits per heavy atom. The lowest BCUT2D eigenvalue weighted by Crippen LogP contribution is -2.42. The van der Waals surface area contributed by atoms with Crippen molar-refractivity contribution < 1.29 is 28.6 Å². The summed E-state index contributed by atoms with van der Waals surface area (Å²) < 4.78 is 10.7. The molecule has 8 heteroatoms. The minimum Gasteiger partial charge on any atom is -0.497 e. The monoisotopic (exact) mass is 458 g/mol. The lowest BCUT2D eigenvalue weighted by atomic mass is 9.99. The first-order valence-corrected chi connectivity index (χ1v) is 10.4. The van der Waals surface area contributed by atoms with Gasteiger partial charge in [0.15, 0.2) is 5.76 Å². The lowest BCUT2D eigenvalue weighted by molar-refractivity contribution is -0.139. The highest BCUT2D eigenvalue weighted by Gasteiger charge is 2.23. The molecule has 0 bridgehead atoms. The van der Waals surface area contributed by atoms with Crippen LogP contribution in [-0.2, 0) is 11.2 Å². The Bertz CT molecular complexity index is 1370. The molecule has 34 heavy (non-hydrogen) atoms. The maximum Gasteiger partial charge on any atom is 0.326 e. The van der Waals surface area contributed by atoms with E-state index in [1.807, 2.05) is 18.2 Å². The fraction of sp³-hybridized carbons (Fsp3) is 0.115. The van der Waals surface area contributed by atoms with Gasteiger partial charge in [0, 0.05) is 17.4 Å². The number of furan rings is 1. The van der Waals surface area contributed by atoms with Crippen molar-refractivity contribution in [2.24, 2.45) is 5.73 Å². The Kier molecular flexibility index (Phi) is 6.31. The summed E-state index contributed by atoms with van der Waals surface area (Å²) >= 11 is 0. The van der Waals surface area contributed by atoms with Gasteiger partial charge in [-0.2, -0.15) is 0 Å². The fourth-order valence-corrected chi connectivity index (χ4v) is 3.61. The molecule has 1 atom stereocenters. The van der Waals surface area contributed by atoms with Crippen molar-refractivity contribution in [3.8, 4) is 16.9 Å². The van der Waals surface area contributed by atoms with Gasteiger partial charge in [-0.05, 0) is 53.1 Å². The van der Waals surface area contributed by atoms with Crippen molar-refractivity contribution in [3.05, 3.63) is 89.7 Å². The average Bonchev–Trinajstić information content (AvgIpc) is 3.27. The van der Waals surface area contributed by atoms with Gasteiger partial charge < -0.3 is 25.3 Å². The van der Waals surface area contributed by atoms with Crippen molar-refractivity contribution in [1.82, 2.24) is 5.32 Å². The van der Waals surface area contributed by atoms with Crippen LogP contribution in [0.4, 0.5) is 0 Å². The van der Waals surface area contributed by atoms with Crippen LogP contribution in [-0.4, -0.2) is 36.0 Å². The number of ether oxygens (including phenoxy) is 1.